The molecule has 16 heavy (non-hydrogen) atoms. The normalized spacial score (nSPS) is 13.4. The lowest BCUT2D eigenvalue weighted by atomic mass is 9.84. The van der Waals surface area contributed by atoms with Gasteiger partial charge in [0.2, 0.25) is 0 Å². The number of hydrogen-bond donors (Lipinski definition) is 2. The summed E-state index contributed by atoms with van der Waals surface area (Å²) in [5.41, 5.74) is 0. The SMILES string of the molecule is C[B]C(O)SCOP.C[B]C(OP)SCO. The average Bonchev–Trinajstić information content (AvgIpc) is 2.33. The third-order valence-electron chi connectivity index (χ3n) is 1.24. The first kappa shape index (κ1) is 19.9. The van der Waals surface area contributed by atoms with Gasteiger partial charge < -0.3 is 19.3 Å². The second kappa shape index (κ2) is 16.5. The first-order valence-electron chi connectivity index (χ1n) is 4.44. The molecule has 0 rings (SSSR count). The van der Waals surface area contributed by atoms with Crippen LogP contribution in [-0.4, -0.2) is 47.3 Å². The highest BCUT2D eigenvalue weighted by Crippen LogP contribution is 2.11. The predicted molar refractivity (Wildman–Crippen MR) is 81.8 cm³/mol. The molecule has 0 bridgehead atoms. The van der Waals surface area contributed by atoms with Crippen molar-refractivity contribution in [1.29, 1.82) is 0 Å². The molecule has 0 heterocycles. The molecule has 4 nitrogen and oxygen atoms in total. The van der Waals surface area contributed by atoms with E-state index in [0.717, 1.165) is 0 Å². The molecule has 10 heteroatoms. The first-order valence-corrected chi connectivity index (χ1v) is 7.48. The quantitative estimate of drug-likeness (QED) is 0.397. The molecule has 0 aromatic carbocycles. The molecule has 4 atom stereocenters. The van der Waals surface area contributed by atoms with Crippen LogP contribution in [0.2, 0.25) is 13.6 Å². The smallest absolute Gasteiger partial charge is 0.160 e. The summed E-state index contributed by atoms with van der Waals surface area (Å²) in [7, 11) is 7.84. The van der Waals surface area contributed by atoms with Gasteiger partial charge in [0.1, 0.15) is 0 Å². The number of aliphatic hydroxyl groups excluding tert-OH is 2. The molecule has 0 saturated carbocycles. The zero-order valence-corrected chi connectivity index (χ0v) is 13.3. The molecule has 4 unspecified atom stereocenters. The highest BCUT2D eigenvalue weighted by Gasteiger charge is 2.02. The van der Waals surface area contributed by atoms with Crippen molar-refractivity contribution < 1.29 is 19.3 Å². The molecule has 2 N–H and O–H groups in total. The van der Waals surface area contributed by atoms with Crippen LogP contribution in [0.1, 0.15) is 0 Å². The molecule has 0 spiro atoms. The Kier molecular flexibility index (Phi) is 20.5. The van der Waals surface area contributed by atoms with Crippen LogP contribution >= 0.6 is 42.5 Å². The minimum absolute atomic E-state index is 0.00463. The number of aliphatic hydroxyl groups is 2. The van der Waals surface area contributed by atoms with Gasteiger partial charge in [-0.15, -0.1) is 23.5 Å². The van der Waals surface area contributed by atoms with Crippen molar-refractivity contribution in [2.75, 3.05) is 11.9 Å². The minimum Gasteiger partial charge on any atom is -0.392 e. The van der Waals surface area contributed by atoms with Gasteiger partial charge in [-0.2, -0.15) is 0 Å². The van der Waals surface area contributed by atoms with Crippen molar-refractivity contribution in [2.24, 2.45) is 0 Å². The molecule has 2 radical (unpaired) electrons. The number of hydrogen-bond acceptors (Lipinski definition) is 6. The molecule has 94 valence electrons. The molecule has 0 amide bonds. The van der Waals surface area contributed by atoms with E-state index < -0.39 is 5.34 Å². The van der Waals surface area contributed by atoms with Crippen molar-refractivity contribution >= 4 is 57.0 Å². The summed E-state index contributed by atoms with van der Waals surface area (Å²) in [6.45, 7) is 3.69. The Morgan fingerprint density at radius 3 is 2.12 bits per heavy atom. The minimum atomic E-state index is -0.393. The fraction of sp³-hybridized carbons (Fsp3) is 1.00. The van der Waals surface area contributed by atoms with Gasteiger partial charge in [-0.05, 0) is 0 Å². The summed E-state index contributed by atoms with van der Waals surface area (Å²) in [5.74, 6) is 0.611. The Bertz CT molecular complexity index is 137. The van der Waals surface area contributed by atoms with Crippen LogP contribution in [0.25, 0.3) is 0 Å². The van der Waals surface area contributed by atoms with Crippen molar-refractivity contribution in [1.82, 2.24) is 0 Å². The Hall–Kier alpha value is 1.53. The fourth-order valence-corrected chi connectivity index (χ4v) is 1.95. The largest absolute Gasteiger partial charge is 0.392 e. The van der Waals surface area contributed by atoms with Gasteiger partial charge in [-0.25, -0.2) is 0 Å². The van der Waals surface area contributed by atoms with E-state index in [9.17, 15) is 0 Å². The van der Waals surface area contributed by atoms with Gasteiger partial charge >= 0.3 is 0 Å². The standard InChI is InChI=1S/2C3H9BO2PS/c1-4-3(5)8-2-6-7;1-4-3(6-7)8-2-5/h2*3,5H,2,7H2,1H3. The maximum atomic E-state index is 8.81. The van der Waals surface area contributed by atoms with Crippen LogP contribution in [0.15, 0.2) is 0 Å². The third kappa shape index (κ3) is 15.5. The van der Waals surface area contributed by atoms with Crippen LogP contribution in [0, 0.1) is 0 Å². The van der Waals surface area contributed by atoms with E-state index in [1.165, 1.54) is 23.5 Å². The van der Waals surface area contributed by atoms with Gasteiger partial charge in [0.25, 0.3) is 0 Å². The Morgan fingerprint density at radius 1 is 1.25 bits per heavy atom. The highest BCUT2D eigenvalue weighted by atomic mass is 32.2. The number of rotatable bonds is 8. The molecule has 0 aliphatic rings. The van der Waals surface area contributed by atoms with Crippen molar-refractivity contribution in [3.63, 3.8) is 0 Å². The third-order valence-corrected chi connectivity index (χ3v) is 3.88. The van der Waals surface area contributed by atoms with E-state index in [0.29, 0.717) is 5.94 Å². The van der Waals surface area contributed by atoms with Crippen LogP contribution in [0.3, 0.4) is 0 Å². The molecular weight excluding hydrogens is 284 g/mol. The summed E-state index contributed by atoms with van der Waals surface area (Å²) < 4.78 is 9.42. The Balaban J connectivity index is 0. The maximum absolute atomic E-state index is 8.81. The molecule has 0 aromatic rings. The summed E-state index contributed by atoms with van der Waals surface area (Å²) in [5, 5.41) is 16.8. The second-order valence-corrected chi connectivity index (χ2v) is 5.02. The van der Waals surface area contributed by atoms with E-state index in [-0.39, 0.29) is 11.3 Å². The summed E-state index contributed by atoms with van der Waals surface area (Å²) in [6.07, 6.45) is 0. The lowest BCUT2D eigenvalue weighted by Crippen LogP contribution is -2.09. The van der Waals surface area contributed by atoms with Crippen molar-refractivity contribution in [3.8, 4) is 0 Å². The van der Waals surface area contributed by atoms with Crippen LogP contribution in [-0.2, 0) is 9.05 Å². The molecule has 0 aromatic heterocycles. The molecular formula is C6H18B2O4P2S2. The van der Waals surface area contributed by atoms with Gasteiger partial charge in [-0.1, -0.05) is 13.6 Å². The lowest BCUT2D eigenvalue weighted by molar-refractivity contribution is 0.332. The average molecular weight is 302 g/mol. The molecule has 0 saturated heterocycles. The Labute approximate surface area is 112 Å². The van der Waals surface area contributed by atoms with Crippen molar-refractivity contribution in [3.05, 3.63) is 0 Å². The Morgan fingerprint density at radius 2 is 1.88 bits per heavy atom. The zero-order valence-electron chi connectivity index (χ0n) is 9.41. The second-order valence-electron chi connectivity index (χ2n) is 2.31. The topological polar surface area (TPSA) is 58.9 Å². The molecule has 0 fully saturated rings. The van der Waals surface area contributed by atoms with Gasteiger partial charge in [0.15, 0.2) is 14.6 Å². The van der Waals surface area contributed by atoms with E-state index in [2.05, 4.69) is 23.5 Å². The summed E-state index contributed by atoms with van der Waals surface area (Å²) >= 11 is 2.67. The van der Waals surface area contributed by atoms with Gasteiger partial charge in [0.05, 0.1) is 22.5 Å². The van der Waals surface area contributed by atoms with Crippen LogP contribution < -0.4 is 0 Å². The van der Waals surface area contributed by atoms with E-state index in [4.69, 9.17) is 14.7 Å². The molecule has 0 aliphatic heterocycles. The van der Waals surface area contributed by atoms with Crippen molar-refractivity contribution in [2.45, 2.75) is 24.3 Å². The van der Waals surface area contributed by atoms with Gasteiger partial charge in [0, 0.05) is 18.9 Å². The maximum Gasteiger partial charge on any atom is 0.160 e. The van der Waals surface area contributed by atoms with E-state index >= 15 is 0 Å². The zero-order chi connectivity index (χ0) is 12.8. The van der Waals surface area contributed by atoms with E-state index in [1.807, 2.05) is 14.1 Å². The fourth-order valence-electron chi connectivity index (χ4n) is 0.493. The molecule has 0 aliphatic carbocycles. The van der Waals surface area contributed by atoms with E-state index in [1.54, 1.807) is 14.1 Å². The summed E-state index contributed by atoms with van der Waals surface area (Å²) in [4.78, 5) is 0. The first-order chi connectivity index (χ1) is 7.65. The highest BCUT2D eigenvalue weighted by molar-refractivity contribution is 8.01. The number of thioether (sulfide) groups is 2. The summed E-state index contributed by atoms with van der Waals surface area (Å²) in [6, 6.07) is 0. The predicted octanol–water partition coefficient (Wildman–Crippen LogP) is 1.02. The monoisotopic (exact) mass is 302 g/mol. The van der Waals surface area contributed by atoms with Crippen LogP contribution in [0.5, 0.6) is 0 Å². The lowest BCUT2D eigenvalue weighted by Gasteiger charge is -2.07. The van der Waals surface area contributed by atoms with Gasteiger partial charge in [-0.3, -0.25) is 0 Å². The van der Waals surface area contributed by atoms with Crippen LogP contribution in [0.4, 0.5) is 0 Å².